The fourth-order valence-corrected chi connectivity index (χ4v) is 7.43. The van der Waals surface area contributed by atoms with Crippen LogP contribution in [0, 0.1) is 5.92 Å². The summed E-state index contributed by atoms with van der Waals surface area (Å²) in [6.45, 7) is 9.24. The number of unbranched alkanes of at least 4 members (excludes halogenated alkanes) is 10. The highest BCUT2D eigenvalue weighted by Crippen LogP contribution is 2.56. The van der Waals surface area contributed by atoms with Crippen LogP contribution in [0.25, 0.3) is 0 Å². The van der Waals surface area contributed by atoms with E-state index in [1.165, 1.54) is 39.0 Å². The van der Waals surface area contributed by atoms with Crippen molar-refractivity contribution in [3.05, 3.63) is 48.0 Å². The van der Waals surface area contributed by atoms with Crippen molar-refractivity contribution in [1.82, 2.24) is 0 Å². The predicted octanol–water partition coefficient (Wildman–Crippen LogP) is 4.96. The zero-order valence-electron chi connectivity index (χ0n) is 31.0. The number of esters is 2. The molecular weight excluding hydrogens is 692 g/mol. The number of hydrogen-bond acceptors (Lipinski definition) is 11. The van der Waals surface area contributed by atoms with Gasteiger partial charge in [0.25, 0.3) is 0 Å². The van der Waals surface area contributed by atoms with Gasteiger partial charge in [-0.05, 0) is 30.4 Å². The van der Waals surface area contributed by atoms with Crippen LogP contribution in [-0.4, -0.2) is 96.8 Å². The van der Waals surface area contributed by atoms with Crippen LogP contribution in [0.4, 0.5) is 0 Å². The van der Waals surface area contributed by atoms with Gasteiger partial charge in [0.15, 0.2) is 6.10 Å². The molecule has 2 bridgehead atoms. The van der Waals surface area contributed by atoms with Crippen molar-refractivity contribution in [2.75, 3.05) is 0 Å². The summed E-state index contributed by atoms with van der Waals surface area (Å²) in [5.74, 6) is -11.2. The molecule has 4 unspecified atom stereocenters. The van der Waals surface area contributed by atoms with Crippen molar-refractivity contribution in [3.8, 4) is 0 Å². The third-order valence-corrected chi connectivity index (χ3v) is 10.3. The highest BCUT2D eigenvalue weighted by molar-refractivity contribution is 5.98. The van der Waals surface area contributed by atoms with Crippen molar-refractivity contribution < 1.29 is 68.5 Å². The minimum atomic E-state index is -3.87. The molecule has 0 spiro atoms. The lowest BCUT2D eigenvalue weighted by molar-refractivity contribution is -0.374. The standard InChI is InChI=1S/C39H56O14/c1-5-6-7-8-9-10-11-12-13-14-18-21-29(41)51-32-31(42)37(52-33(34(43)44)38(49,35(45)46)39(32,53-37)36(47)48)23-22-25(2)30(50-27(4)40)26(3)24-28-19-16-15-17-20-28/h15-17,19-20,26,30-33,42,49H,2,5-14,18,21-24H2,1,3-4H3,(H,43,44)(H,45,46)(H,47,48)/t26-,30-,31-,32-,33?,37?,38?,39?/m1/s1. The van der Waals surface area contributed by atoms with Crippen LogP contribution in [0.5, 0.6) is 0 Å². The minimum absolute atomic E-state index is 0.221. The Morgan fingerprint density at radius 1 is 0.868 bits per heavy atom. The van der Waals surface area contributed by atoms with E-state index in [1.807, 2.05) is 37.3 Å². The van der Waals surface area contributed by atoms with Gasteiger partial charge in [-0.2, -0.15) is 0 Å². The van der Waals surface area contributed by atoms with Gasteiger partial charge < -0.3 is 44.5 Å². The van der Waals surface area contributed by atoms with Crippen LogP contribution >= 0.6 is 0 Å². The number of rotatable bonds is 24. The fraction of sp³-hybridized carbons (Fsp3) is 0.667. The Morgan fingerprint density at radius 2 is 1.43 bits per heavy atom. The Hall–Kier alpha value is -3.85. The maximum absolute atomic E-state index is 13.1. The molecular formula is C39H56O14. The molecule has 2 aliphatic heterocycles. The highest BCUT2D eigenvalue weighted by atomic mass is 16.8. The van der Waals surface area contributed by atoms with Crippen molar-refractivity contribution >= 4 is 29.8 Å². The number of aliphatic hydroxyl groups is 2. The Labute approximate surface area is 310 Å². The van der Waals surface area contributed by atoms with Gasteiger partial charge in [-0.25, -0.2) is 14.4 Å². The van der Waals surface area contributed by atoms with E-state index in [0.717, 1.165) is 31.2 Å². The number of carboxylic acid groups (broad SMARTS) is 3. The molecule has 0 saturated carbocycles. The quantitative estimate of drug-likeness (QED) is 0.0536. The molecule has 0 aliphatic carbocycles. The van der Waals surface area contributed by atoms with Gasteiger partial charge in [-0.15, -0.1) is 0 Å². The normalized spacial score (nSPS) is 27.4. The average Bonchev–Trinajstić information content (AvgIpc) is 3.32. The third kappa shape index (κ3) is 10.0. The fourth-order valence-electron chi connectivity index (χ4n) is 7.43. The Morgan fingerprint density at radius 3 is 1.94 bits per heavy atom. The molecule has 1 aromatic carbocycles. The molecule has 0 radical (unpaired) electrons. The predicted molar refractivity (Wildman–Crippen MR) is 189 cm³/mol. The zero-order chi connectivity index (χ0) is 39.4. The molecule has 0 aromatic heterocycles. The van der Waals surface area contributed by atoms with E-state index in [-0.39, 0.29) is 24.3 Å². The Kier molecular flexibility index (Phi) is 16.0. The van der Waals surface area contributed by atoms with E-state index < -0.39 is 77.7 Å². The first-order valence-electron chi connectivity index (χ1n) is 18.6. The number of carbonyl (C=O) groups is 5. The highest BCUT2D eigenvalue weighted by Gasteiger charge is 2.85. The van der Waals surface area contributed by atoms with Gasteiger partial charge in [-0.3, -0.25) is 9.59 Å². The summed E-state index contributed by atoms with van der Waals surface area (Å²) >= 11 is 0. The summed E-state index contributed by atoms with van der Waals surface area (Å²) in [7, 11) is 0. The molecule has 2 saturated heterocycles. The van der Waals surface area contributed by atoms with Crippen molar-refractivity contribution in [2.24, 2.45) is 5.92 Å². The lowest BCUT2D eigenvalue weighted by Gasteiger charge is -2.48. The summed E-state index contributed by atoms with van der Waals surface area (Å²) in [4.78, 5) is 63.2. The first-order chi connectivity index (χ1) is 25.1. The van der Waals surface area contributed by atoms with Crippen LogP contribution < -0.4 is 0 Å². The molecule has 1 aromatic rings. The lowest BCUT2D eigenvalue weighted by Crippen LogP contribution is -2.78. The molecule has 14 heteroatoms. The second-order valence-electron chi connectivity index (χ2n) is 14.4. The Bertz CT molecular complexity index is 1430. The van der Waals surface area contributed by atoms with E-state index in [1.54, 1.807) is 0 Å². The van der Waals surface area contributed by atoms with Crippen LogP contribution in [0.2, 0.25) is 0 Å². The largest absolute Gasteiger partial charge is 0.479 e. The van der Waals surface area contributed by atoms with Gasteiger partial charge in [0.2, 0.25) is 23.1 Å². The van der Waals surface area contributed by atoms with E-state index >= 15 is 0 Å². The number of fused-ring (bicyclic) bond motifs is 2. The van der Waals surface area contributed by atoms with Gasteiger partial charge in [0, 0.05) is 25.7 Å². The van der Waals surface area contributed by atoms with Gasteiger partial charge in [0.1, 0.15) is 12.2 Å². The van der Waals surface area contributed by atoms with E-state index in [4.69, 9.17) is 18.9 Å². The first kappa shape index (κ1) is 43.6. The SMILES string of the molecule is C=C(CCC12OC(C(=O)O)C(O)(C(=O)O)C(C(=O)O)(O1)[C@H](OC(=O)CCCCCCCCCCCCC)[C@H]2O)[C@@H](OC(C)=O)[C@H](C)Cc1ccccc1. The summed E-state index contributed by atoms with van der Waals surface area (Å²) in [6.07, 6.45) is 2.13. The number of aliphatic carboxylic acids is 3. The number of carboxylic acids is 3. The van der Waals surface area contributed by atoms with Crippen LogP contribution in [-0.2, 0) is 49.3 Å². The Balaban J connectivity index is 1.81. The van der Waals surface area contributed by atoms with Crippen molar-refractivity contribution in [1.29, 1.82) is 0 Å². The molecule has 296 valence electrons. The summed E-state index contributed by atoms with van der Waals surface area (Å²) in [6, 6.07) is 9.33. The van der Waals surface area contributed by atoms with E-state index in [9.17, 15) is 49.5 Å². The van der Waals surface area contributed by atoms with E-state index in [2.05, 4.69) is 13.5 Å². The summed E-state index contributed by atoms with van der Waals surface area (Å²) < 4.78 is 22.2. The molecule has 2 heterocycles. The second kappa shape index (κ2) is 19.5. The summed E-state index contributed by atoms with van der Waals surface area (Å²) in [5, 5.41) is 53.8. The molecule has 2 aliphatic rings. The number of ether oxygens (including phenoxy) is 4. The minimum Gasteiger partial charge on any atom is -0.479 e. The molecule has 14 nitrogen and oxygen atoms in total. The van der Waals surface area contributed by atoms with E-state index in [0.29, 0.717) is 19.3 Å². The third-order valence-electron chi connectivity index (χ3n) is 10.3. The number of carbonyl (C=O) groups excluding carboxylic acids is 2. The molecule has 5 N–H and O–H groups in total. The topological polar surface area (TPSA) is 223 Å². The van der Waals surface area contributed by atoms with Crippen LogP contribution in [0.1, 0.15) is 116 Å². The lowest BCUT2D eigenvalue weighted by atomic mass is 9.74. The first-order valence-corrected chi connectivity index (χ1v) is 18.6. The molecule has 2 fully saturated rings. The number of aliphatic hydroxyl groups excluding tert-OH is 1. The van der Waals surface area contributed by atoms with Crippen LogP contribution in [0.15, 0.2) is 42.5 Å². The summed E-state index contributed by atoms with van der Waals surface area (Å²) in [5.41, 5.74) is -6.17. The molecule has 0 amide bonds. The number of benzene rings is 1. The van der Waals surface area contributed by atoms with Gasteiger partial charge >= 0.3 is 29.8 Å². The second-order valence-corrected chi connectivity index (χ2v) is 14.4. The van der Waals surface area contributed by atoms with Crippen LogP contribution in [0.3, 0.4) is 0 Å². The maximum atomic E-state index is 13.1. The molecule has 8 atom stereocenters. The average molecular weight is 749 g/mol. The van der Waals surface area contributed by atoms with Gasteiger partial charge in [-0.1, -0.05) is 115 Å². The number of hydrogen-bond donors (Lipinski definition) is 5. The monoisotopic (exact) mass is 748 g/mol. The molecule has 3 rings (SSSR count). The van der Waals surface area contributed by atoms with Crippen molar-refractivity contribution in [2.45, 2.75) is 158 Å². The maximum Gasteiger partial charge on any atom is 0.344 e. The zero-order valence-corrected chi connectivity index (χ0v) is 31.0. The van der Waals surface area contributed by atoms with Crippen molar-refractivity contribution in [3.63, 3.8) is 0 Å². The van der Waals surface area contributed by atoms with Gasteiger partial charge in [0.05, 0.1) is 0 Å². The molecule has 53 heavy (non-hydrogen) atoms. The smallest absolute Gasteiger partial charge is 0.344 e.